The number of hydrogen-bond acceptors (Lipinski definition) is 5. The van der Waals surface area contributed by atoms with Gasteiger partial charge in [-0.3, -0.25) is 9.88 Å². The minimum absolute atomic E-state index is 0.285. The van der Waals surface area contributed by atoms with Crippen molar-refractivity contribution in [1.29, 1.82) is 5.26 Å². The molecule has 1 N–H and O–H groups in total. The van der Waals surface area contributed by atoms with Gasteiger partial charge < -0.3 is 4.52 Å². The van der Waals surface area contributed by atoms with Gasteiger partial charge in [-0.2, -0.15) is 17.0 Å². The van der Waals surface area contributed by atoms with E-state index < -0.39 is 0 Å². The first-order valence-electron chi connectivity index (χ1n) is 4.07. The highest BCUT2D eigenvalue weighted by Crippen LogP contribution is 2.09. The number of carbonyl (C=O) groups is 1. The Labute approximate surface area is 93.1 Å². The predicted molar refractivity (Wildman–Crippen MR) is 64.6 cm³/mol. The van der Waals surface area contributed by atoms with Crippen molar-refractivity contribution in [2.75, 3.05) is 11.5 Å². The van der Waals surface area contributed by atoms with Crippen LogP contribution in [0.15, 0.2) is 0 Å². The Morgan fingerprint density at radius 2 is 2.36 bits per heavy atom. The second-order valence-corrected chi connectivity index (χ2v) is 4.26. The van der Waals surface area contributed by atoms with Crippen molar-refractivity contribution in [2.24, 2.45) is 0 Å². The van der Waals surface area contributed by atoms with Gasteiger partial charge in [-0.15, -0.1) is 0 Å². The lowest BCUT2D eigenvalue weighted by Crippen LogP contribution is -2.31. The molecular formula is C7H14N2O2P2S. The summed E-state index contributed by atoms with van der Waals surface area (Å²) in [6.45, 7) is 0. The average Bonchev–Trinajstić information content (AvgIpc) is 2.22. The Bertz CT molecular complexity index is 210. The summed E-state index contributed by atoms with van der Waals surface area (Å²) in [5.41, 5.74) is 0. The molecule has 0 aromatic heterocycles. The maximum absolute atomic E-state index is 11.1. The second kappa shape index (κ2) is 9.68. The Morgan fingerprint density at radius 3 is 2.86 bits per heavy atom. The second-order valence-electron chi connectivity index (χ2n) is 2.47. The number of carbonyl (C=O) groups excluding carboxylic acids is 1. The maximum Gasteiger partial charge on any atom is 0.325 e. The first-order valence-corrected chi connectivity index (χ1v) is 6.28. The van der Waals surface area contributed by atoms with E-state index in [0.717, 1.165) is 11.5 Å². The molecule has 14 heavy (non-hydrogen) atoms. The summed E-state index contributed by atoms with van der Waals surface area (Å²) in [6, 6.07) is 1.78. The van der Waals surface area contributed by atoms with Crippen LogP contribution in [0.25, 0.3) is 0 Å². The summed E-state index contributed by atoms with van der Waals surface area (Å²) in [4.78, 5) is 11.1. The average molecular weight is 252 g/mol. The molecule has 0 aromatic rings. The molecule has 0 saturated carbocycles. The number of nitrogens with zero attached hydrogens (tertiary/aromatic N) is 1. The smallest absolute Gasteiger partial charge is 0.325 e. The van der Waals surface area contributed by atoms with Crippen LogP contribution in [-0.4, -0.2) is 23.5 Å². The van der Waals surface area contributed by atoms with Gasteiger partial charge in [0.15, 0.2) is 0 Å². The van der Waals surface area contributed by atoms with E-state index >= 15 is 0 Å². The zero-order chi connectivity index (χ0) is 10.8. The first kappa shape index (κ1) is 14.1. The number of rotatable bonds is 7. The normalized spacial score (nSPS) is 11.8. The van der Waals surface area contributed by atoms with Crippen molar-refractivity contribution in [1.82, 2.24) is 5.09 Å². The van der Waals surface area contributed by atoms with Crippen LogP contribution in [0.1, 0.15) is 12.8 Å². The summed E-state index contributed by atoms with van der Waals surface area (Å²) < 4.78 is 4.52. The van der Waals surface area contributed by atoms with Gasteiger partial charge in [-0.1, -0.05) is 9.39 Å². The van der Waals surface area contributed by atoms with Crippen LogP contribution in [0.4, 0.5) is 0 Å². The minimum Gasteiger partial charge on any atom is -0.450 e. The third kappa shape index (κ3) is 6.56. The molecule has 4 nitrogen and oxygen atoms in total. The lowest BCUT2D eigenvalue weighted by molar-refractivity contribution is -0.135. The van der Waals surface area contributed by atoms with Crippen LogP contribution in [-0.2, 0) is 9.32 Å². The molecule has 0 saturated heterocycles. The van der Waals surface area contributed by atoms with Gasteiger partial charge in [0.25, 0.3) is 0 Å². The molecule has 0 aliphatic rings. The van der Waals surface area contributed by atoms with E-state index in [1.165, 1.54) is 0 Å². The standard InChI is InChI=1S/C7H14N2O2P2S/c8-3-1-4-14-5-2-6(9-12)7(10)11-13/h6,9H,1-2,4-5,12-13H2. The molecule has 7 heteroatoms. The molecule has 0 radical (unpaired) electrons. The minimum atomic E-state index is -0.286. The fourth-order valence-corrected chi connectivity index (χ4v) is 2.08. The molecule has 0 bridgehead atoms. The van der Waals surface area contributed by atoms with E-state index in [0.29, 0.717) is 12.8 Å². The molecule has 0 rings (SSSR count). The van der Waals surface area contributed by atoms with Gasteiger partial charge >= 0.3 is 5.97 Å². The highest BCUT2D eigenvalue weighted by atomic mass is 32.2. The molecule has 0 fully saturated rings. The highest BCUT2D eigenvalue weighted by Gasteiger charge is 2.15. The van der Waals surface area contributed by atoms with Crippen LogP contribution in [0, 0.1) is 11.3 Å². The van der Waals surface area contributed by atoms with E-state index in [4.69, 9.17) is 5.26 Å². The fourth-order valence-electron chi connectivity index (χ4n) is 0.772. The van der Waals surface area contributed by atoms with Crippen molar-refractivity contribution in [2.45, 2.75) is 18.9 Å². The molecule has 80 valence electrons. The monoisotopic (exact) mass is 252 g/mol. The lowest BCUT2D eigenvalue weighted by atomic mass is 10.2. The maximum atomic E-state index is 11.1. The zero-order valence-corrected chi connectivity index (χ0v) is 10.9. The SMILES string of the molecule is N#CCCSCCC(NP)C(=O)OP. The highest BCUT2D eigenvalue weighted by molar-refractivity contribution is 7.99. The largest absolute Gasteiger partial charge is 0.450 e. The van der Waals surface area contributed by atoms with E-state index in [1.54, 1.807) is 11.8 Å². The number of nitriles is 1. The van der Waals surface area contributed by atoms with Crippen LogP contribution < -0.4 is 5.09 Å². The fraction of sp³-hybridized carbons (Fsp3) is 0.714. The molecule has 0 aliphatic heterocycles. The van der Waals surface area contributed by atoms with E-state index in [9.17, 15) is 4.79 Å². The Balaban J connectivity index is 3.54. The number of nitrogens with one attached hydrogen (secondary N) is 1. The van der Waals surface area contributed by atoms with Crippen molar-refractivity contribution in [3.8, 4) is 6.07 Å². The van der Waals surface area contributed by atoms with E-state index in [-0.39, 0.29) is 12.0 Å². The third-order valence-electron chi connectivity index (χ3n) is 1.51. The number of thioether (sulfide) groups is 1. The third-order valence-corrected chi connectivity index (χ3v) is 3.16. The van der Waals surface area contributed by atoms with Crippen molar-refractivity contribution < 1.29 is 9.32 Å². The van der Waals surface area contributed by atoms with Gasteiger partial charge in [-0.05, 0) is 12.2 Å². The van der Waals surface area contributed by atoms with Gasteiger partial charge in [0, 0.05) is 12.2 Å². The Hall–Kier alpha value is 0.130. The summed E-state index contributed by atoms with van der Waals surface area (Å²) in [6.07, 6.45) is 1.25. The Morgan fingerprint density at radius 1 is 1.64 bits per heavy atom. The Kier molecular flexibility index (Phi) is 9.77. The quantitative estimate of drug-likeness (QED) is 0.543. The summed E-state index contributed by atoms with van der Waals surface area (Å²) in [5.74, 6) is 1.37. The summed E-state index contributed by atoms with van der Waals surface area (Å²) >= 11 is 1.66. The van der Waals surface area contributed by atoms with Crippen LogP contribution >= 0.6 is 30.6 Å². The molecule has 0 aromatic carbocycles. The summed E-state index contributed by atoms with van der Waals surface area (Å²) in [7, 11) is 4.24. The van der Waals surface area contributed by atoms with Crippen molar-refractivity contribution >= 4 is 36.6 Å². The molecule has 0 heterocycles. The van der Waals surface area contributed by atoms with Crippen LogP contribution in [0.3, 0.4) is 0 Å². The van der Waals surface area contributed by atoms with E-state index in [1.807, 2.05) is 9.47 Å². The molecule has 0 aliphatic carbocycles. The van der Waals surface area contributed by atoms with Gasteiger partial charge in [-0.25, -0.2) is 0 Å². The topological polar surface area (TPSA) is 62.1 Å². The zero-order valence-electron chi connectivity index (χ0n) is 7.73. The van der Waals surface area contributed by atoms with Crippen molar-refractivity contribution in [3.05, 3.63) is 0 Å². The molecular weight excluding hydrogens is 238 g/mol. The molecule has 3 atom stereocenters. The van der Waals surface area contributed by atoms with Gasteiger partial charge in [0.1, 0.15) is 6.04 Å². The lowest BCUT2D eigenvalue weighted by Gasteiger charge is -2.12. The van der Waals surface area contributed by atoms with E-state index in [2.05, 4.69) is 25.1 Å². The molecule has 3 unspecified atom stereocenters. The van der Waals surface area contributed by atoms with Gasteiger partial charge in [0.05, 0.1) is 15.5 Å². The predicted octanol–water partition coefficient (Wildman–Crippen LogP) is 1.10. The van der Waals surface area contributed by atoms with Gasteiger partial charge in [0.2, 0.25) is 0 Å². The molecule has 0 amide bonds. The number of hydrogen-bond donors (Lipinski definition) is 1. The summed E-state index contributed by atoms with van der Waals surface area (Å²) in [5, 5.41) is 11.1. The van der Waals surface area contributed by atoms with Crippen molar-refractivity contribution in [3.63, 3.8) is 0 Å². The van der Waals surface area contributed by atoms with Crippen LogP contribution in [0.5, 0.6) is 0 Å². The molecule has 0 spiro atoms. The first-order chi connectivity index (χ1) is 6.76. The van der Waals surface area contributed by atoms with Crippen LogP contribution in [0.2, 0.25) is 0 Å².